The summed E-state index contributed by atoms with van der Waals surface area (Å²) < 4.78 is 7.46. The van der Waals surface area contributed by atoms with E-state index in [1.54, 1.807) is 6.20 Å². The summed E-state index contributed by atoms with van der Waals surface area (Å²) in [5.74, 6) is 0. The van der Waals surface area contributed by atoms with Gasteiger partial charge in [0.25, 0.3) is 0 Å². The van der Waals surface area contributed by atoms with Gasteiger partial charge in [0, 0.05) is 38.6 Å². The topological polar surface area (TPSA) is 30.3 Å². The second kappa shape index (κ2) is 5.49. The van der Waals surface area contributed by atoms with Crippen LogP contribution in [0.4, 0.5) is 0 Å². The van der Waals surface area contributed by atoms with Crippen LogP contribution in [-0.2, 0) is 11.3 Å². The first-order valence-electron chi connectivity index (χ1n) is 5.24. The molecule has 0 radical (unpaired) electrons. The predicted molar refractivity (Wildman–Crippen MR) is 59.1 cm³/mol. The van der Waals surface area contributed by atoms with Gasteiger partial charge in [-0.25, -0.2) is 4.98 Å². The van der Waals surface area contributed by atoms with Crippen LogP contribution >= 0.6 is 11.6 Å². The molecule has 0 spiro atoms. The van der Waals surface area contributed by atoms with Crippen LogP contribution in [0.2, 0.25) is 0 Å². The molecule has 1 aromatic rings. The molecule has 84 valence electrons. The maximum atomic E-state index is 6.09. The van der Waals surface area contributed by atoms with Gasteiger partial charge >= 0.3 is 0 Å². The molecule has 0 bridgehead atoms. The van der Waals surface area contributed by atoms with E-state index in [-0.39, 0.29) is 5.38 Å². The van der Waals surface area contributed by atoms with Crippen LogP contribution in [0, 0.1) is 0 Å². The summed E-state index contributed by atoms with van der Waals surface area (Å²) in [6, 6.07) is 0. The first-order valence-corrected chi connectivity index (χ1v) is 5.68. The molecule has 1 atom stereocenters. The van der Waals surface area contributed by atoms with Crippen molar-refractivity contribution in [2.75, 3.05) is 32.8 Å². The third kappa shape index (κ3) is 3.48. The number of nitrogens with zero attached hydrogens (tertiary/aromatic N) is 3. The highest BCUT2D eigenvalue weighted by molar-refractivity contribution is 6.20. The van der Waals surface area contributed by atoms with Gasteiger partial charge in [0.1, 0.15) is 0 Å². The molecule has 0 N–H and O–H groups in total. The normalized spacial score (nSPS) is 23.9. The second-order valence-corrected chi connectivity index (χ2v) is 4.39. The molecule has 0 amide bonds. The standard InChI is InChI=1S/C10H16ClN3O/c11-10-7-13(5-6-15-8-10)3-4-14-2-1-12-9-14/h1-2,9-10H,3-8H2. The van der Waals surface area contributed by atoms with E-state index < -0.39 is 0 Å². The predicted octanol–water partition coefficient (Wildman–Crippen LogP) is 0.823. The number of rotatable bonds is 3. The van der Waals surface area contributed by atoms with Crippen molar-refractivity contribution in [1.29, 1.82) is 0 Å². The van der Waals surface area contributed by atoms with Gasteiger partial charge in [0.05, 0.1) is 24.9 Å². The van der Waals surface area contributed by atoms with Gasteiger partial charge in [-0.3, -0.25) is 4.90 Å². The fraction of sp³-hybridized carbons (Fsp3) is 0.700. The lowest BCUT2D eigenvalue weighted by Gasteiger charge is -2.20. The summed E-state index contributed by atoms with van der Waals surface area (Å²) >= 11 is 6.09. The Balaban J connectivity index is 1.78. The molecular weight excluding hydrogens is 214 g/mol. The maximum absolute atomic E-state index is 6.09. The molecule has 1 aliphatic rings. The van der Waals surface area contributed by atoms with E-state index in [2.05, 4.69) is 14.5 Å². The van der Waals surface area contributed by atoms with Crippen molar-refractivity contribution in [2.24, 2.45) is 0 Å². The summed E-state index contributed by atoms with van der Waals surface area (Å²) in [6.07, 6.45) is 5.62. The number of alkyl halides is 1. The van der Waals surface area contributed by atoms with Gasteiger partial charge in [-0.2, -0.15) is 0 Å². The van der Waals surface area contributed by atoms with Crippen LogP contribution in [-0.4, -0.2) is 52.7 Å². The Bertz CT molecular complexity index is 278. The van der Waals surface area contributed by atoms with Crippen LogP contribution in [0.15, 0.2) is 18.7 Å². The van der Waals surface area contributed by atoms with Crippen LogP contribution < -0.4 is 0 Å². The Morgan fingerprint density at radius 1 is 1.47 bits per heavy atom. The van der Waals surface area contributed by atoms with Gasteiger partial charge in [0.15, 0.2) is 0 Å². The largest absolute Gasteiger partial charge is 0.379 e. The molecule has 15 heavy (non-hydrogen) atoms. The van der Waals surface area contributed by atoms with E-state index in [0.717, 1.165) is 32.8 Å². The highest BCUT2D eigenvalue weighted by atomic mass is 35.5. The van der Waals surface area contributed by atoms with Gasteiger partial charge in [-0.15, -0.1) is 11.6 Å². The number of hydrogen-bond acceptors (Lipinski definition) is 3. The minimum absolute atomic E-state index is 0.121. The van der Waals surface area contributed by atoms with Crippen molar-refractivity contribution < 1.29 is 4.74 Å². The summed E-state index contributed by atoms with van der Waals surface area (Å²) in [7, 11) is 0. The summed E-state index contributed by atoms with van der Waals surface area (Å²) in [5.41, 5.74) is 0. The summed E-state index contributed by atoms with van der Waals surface area (Å²) in [5, 5.41) is 0.121. The molecule has 0 aromatic carbocycles. The smallest absolute Gasteiger partial charge is 0.0946 e. The van der Waals surface area contributed by atoms with Crippen molar-refractivity contribution in [3.05, 3.63) is 18.7 Å². The Kier molecular flexibility index (Phi) is 4.00. The number of aromatic nitrogens is 2. The van der Waals surface area contributed by atoms with Crippen LogP contribution in [0.1, 0.15) is 0 Å². The first kappa shape index (κ1) is 10.9. The highest BCUT2D eigenvalue weighted by Gasteiger charge is 2.15. The summed E-state index contributed by atoms with van der Waals surface area (Å²) in [6.45, 7) is 5.30. The molecule has 1 fully saturated rings. The molecule has 0 saturated carbocycles. The fourth-order valence-corrected chi connectivity index (χ4v) is 1.99. The molecule has 2 rings (SSSR count). The Labute approximate surface area is 94.8 Å². The van der Waals surface area contributed by atoms with E-state index in [0.29, 0.717) is 6.61 Å². The monoisotopic (exact) mass is 229 g/mol. The fourth-order valence-electron chi connectivity index (χ4n) is 1.71. The third-order valence-electron chi connectivity index (χ3n) is 2.54. The molecule has 4 nitrogen and oxygen atoms in total. The summed E-state index contributed by atoms with van der Waals surface area (Å²) in [4.78, 5) is 6.35. The van der Waals surface area contributed by atoms with Crippen molar-refractivity contribution in [2.45, 2.75) is 11.9 Å². The lowest BCUT2D eigenvalue weighted by atomic mass is 10.4. The molecular formula is C10H16ClN3O. The zero-order valence-corrected chi connectivity index (χ0v) is 9.44. The lowest BCUT2D eigenvalue weighted by Crippen LogP contribution is -2.33. The van der Waals surface area contributed by atoms with E-state index in [9.17, 15) is 0 Å². The van der Waals surface area contributed by atoms with Gasteiger partial charge < -0.3 is 9.30 Å². The van der Waals surface area contributed by atoms with E-state index >= 15 is 0 Å². The average molecular weight is 230 g/mol. The zero-order valence-electron chi connectivity index (χ0n) is 8.68. The second-order valence-electron chi connectivity index (χ2n) is 3.77. The molecule has 1 unspecified atom stereocenters. The van der Waals surface area contributed by atoms with Crippen molar-refractivity contribution in [1.82, 2.24) is 14.5 Å². The highest BCUT2D eigenvalue weighted by Crippen LogP contribution is 2.05. The molecule has 1 saturated heterocycles. The van der Waals surface area contributed by atoms with Crippen molar-refractivity contribution in [3.8, 4) is 0 Å². The van der Waals surface area contributed by atoms with Crippen LogP contribution in [0.25, 0.3) is 0 Å². The molecule has 2 heterocycles. The first-order chi connectivity index (χ1) is 7.34. The Morgan fingerprint density at radius 3 is 3.20 bits per heavy atom. The molecule has 5 heteroatoms. The zero-order chi connectivity index (χ0) is 10.5. The Morgan fingerprint density at radius 2 is 2.40 bits per heavy atom. The van der Waals surface area contributed by atoms with E-state index in [1.807, 2.05) is 12.5 Å². The minimum atomic E-state index is 0.121. The van der Waals surface area contributed by atoms with Crippen molar-refractivity contribution in [3.63, 3.8) is 0 Å². The van der Waals surface area contributed by atoms with Gasteiger partial charge in [-0.1, -0.05) is 0 Å². The maximum Gasteiger partial charge on any atom is 0.0946 e. The van der Waals surface area contributed by atoms with Gasteiger partial charge in [0.2, 0.25) is 0 Å². The van der Waals surface area contributed by atoms with E-state index in [4.69, 9.17) is 16.3 Å². The molecule has 1 aromatic heterocycles. The van der Waals surface area contributed by atoms with Gasteiger partial charge in [-0.05, 0) is 0 Å². The van der Waals surface area contributed by atoms with Crippen molar-refractivity contribution >= 4 is 11.6 Å². The quantitative estimate of drug-likeness (QED) is 0.720. The number of halogens is 1. The van der Waals surface area contributed by atoms with E-state index in [1.165, 1.54) is 0 Å². The molecule has 1 aliphatic heterocycles. The molecule has 0 aliphatic carbocycles. The number of ether oxygens (including phenoxy) is 1. The SMILES string of the molecule is ClC1COCCN(CCn2ccnc2)C1. The Hall–Kier alpha value is -0.580. The van der Waals surface area contributed by atoms with Crippen LogP contribution in [0.3, 0.4) is 0 Å². The lowest BCUT2D eigenvalue weighted by molar-refractivity contribution is 0.141. The number of hydrogen-bond donors (Lipinski definition) is 0. The third-order valence-corrected chi connectivity index (χ3v) is 2.80. The minimum Gasteiger partial charge on any atom is -0.379 e. The van der Waals surface area contributed by atoms with Crippen LogP contribution in [0.5, 0.6) is 0 Å². The average Bonchev–Trinajstić information content (AvgIpc) is 2.65. The number of imidazole rings is 1.